The molecule has 31 heavy (non-hydrogen) atoms. The maximum Gasteiger partial charge on any atom is 0.259 e. The number of anilines is 1. The fourth-order valence-electron chi connectivity index (χ4n) is 3.36. The minimum Gasteiger partial charge on any atom is -0.496 e. The molecule has 3 aromatic rings. The van der Waals surface area contributed by atoms with Crippen molar-refractivity contribution in [3.63, 3.8) is 0 Å². The lowest BCUT2D eigenvalue weighted by Gasteiger charge is -2.16. The summed E-state index contributed by atoms with van der Waals surface area (Å²) < 4.78 is 32.3. The molecule has 1 aromatic heterocycles. The van der Waals surface area contributed by atoms with Crippen LogP contribution in [0, 0.1) is 0 Å². The molecule has 11 heteroatoms. The van der Waals surface area contributed by atoms with Crippen LogP contribution in [0.3, 0.4) is 0 Å². The number of rotatable bonds is 6. The van der Waals surface area contributed by atoms with Crippen molar-refractivity contribution in [1.82, 2.24) is 19.5 Å². The number of amides is 1. The smallest absolute Gasteiger partial charge is 0.259 e. The Kier molecular flexibility index (Phi) is 5.94. The van der Waals surface area contributed by atoms with Crippen molar-refractivity contribution in [2.75, 3.05) is 25.5 Å². The van der Waals surface area contributed by atoms with Gasteiger partial charge in [-0.2, -0.15) is 9.29 Å². The van der Waals surface area contributed by atoms with Crippen molar-refractivity contribution < 1.29 is 17.9 Å². The molecule has 0 spiro atoms. The number of hydrogen-bond acceptors (Lipinski definition) is 6. The van der Waals surface area contributed by atoms with Crippen molar-refractivity contribution in [2.45, 2.75) is 17.7 Å². The number of H-pyrrole nitrogens is 1. The van der Waals surface area contributed by atoms with Gasteiger partial charge < -0.3 is 4.74 Å². The van der Waals surface area contributed by atoms with Gasteiger partial charge in [-0.05, 0) is 43.2 Å². The number of aromatic amines is 1. The SMILES string of the molecule is COc1ccccc1-c1nc(NC(=O)c2cc(S(=O)(=O)N3CCCC3)ccc2Cl)n[nH]1. The molecule has 1 aliphatic rings. The Morgan fingerprint density at radius 2 is 1.94 bits per heavy atom. The molecule has 2 N–H and O–H groups in total. The minimum atomic E-state index is -3.68. The lowest BCUT2D eigenvalue weighted by atomic mass is 10.2. The van der Waals surface area contributed by atoms with E-state index in [2.05, 4.69) is 20.5 Å². The first-order valence-corrected chi connectivity index (χ1v) is 11.4. The minimum absolute atomic E-state index is 0.0191. The Bertz CT molecular complexity index is 1220. The number of benzene rings is 2. The van der Waals surface area contributed by atoms with Crippen LogP contribution < -0.4 is 10.1 Å². The number of para-hydroxylation sites is 1. The summed E-state index contributed by atoms with van der Waals surface area (Å²) in [6, 6.07) is 11.3. The van der Waals surface area contributed by atoms with Crippen LogP contribution in [0.2, 0.25) is 5.02 Å². The number of sulfonamides is 1. The van der Waals surface area contributed by atoms with Gasteiger partial charge in [0.2, 0.25) is 16.0 Å². The lowest BCUT2D eigenvalue weighted by molar-refractivity contribution is 0.102. The van der Waals surface area contributed by atoms with Crippen LogP contribution in [-0.2, 0) is 10.0 Å². The molecular weight excluding hydrogens is 442 g/mol. The van der Waals surface area contributed by atoms with Crippen molar-refractivity contribution in [1.29, 1.82) is 0 Å². The number of aromatic nitrogens is 3. The normalized spacial score (nSPS) is 14.5. The number of nitrogens with one attached hydrogen (secondary N) is 2. The average Bonchev–Trinajstić information content (AvgIpc) is 3.46. The van der Waals surface area contributed by atoms with E-state index in [1.165, 1.54) is 22.5 Å². The molecule has 0 saturated carbocycles. The van der Waals surface area contributed by atoms with Gasteiger partial charge in [-0.15, -0.1) is 5.10 Å². The van der Waals surface area contributed by atoms with Gasteiger partial charge in [0.05, 0.1) is 28.2 Å². The van der Waals surface area contributed by atoms with E-state index in [1.54, 1.807) is 19.2 Å². The van der Waals surface area contributed by atoms with Gasteiger partial charge in [-0.25, -0.2) is 8.42 Å². The number of carbonyl (C=O) groups excluding carboxylic acids is 1. The summed E-state index contributed by atoms with van der Waals surface area (Å²) >= 11 is 6.17. The van der Waals surface area contributed by atoms with Gasteiger partial charge in [0, 0.05) is 13.1 Å². The molecular formula is C20H20ClN5O4S. The van der Waals surface area contributed by atoms with Gasteiger partial charge in [-0.1, -0.05) is 23.7 Å². The number of halogens is 1. The number of carbonyl (C=O) groups is 1. The predicted molar refractivity (Wildman–Crippen MR) is 116 cm³/mol. The Morgan fingerprint density at radius 1 is 1.19 bits per heavy atom. The van der Waals surface area contributed by atoms with Gasteiger partial charge in [0.15, 0.2) is 5.82 Å². The van der Waals surface area contributed by atoms with Gasteiger partial charge in [-0.3, -0.25) is 15.2 Å². The van der Waals surface area contributed by atoms with Gasteiger partial charge >= 0.3 is 0 Å². The average molecular weight is 462 g/mol. The molecule has 162 valence electrons. The molecule has 0 aliphatic carbocycles. The zero-order valence-electron chi connectivity index (χ0n) is 16.6. The molecule has 0 radical (unpaired) electrons. The first-order chi connectivity index (χ1) is 14.9. The Hall–Kier alpha value is -2.95. The van der Waals surface area contributed by atoms with E-state index in [9.17, 15) is 13.2 Å². The summed E-state index contributed by atoms with van der Waals surface area (Å²) in [5.41, 5.74) is 0.695. The highest BCUT2D eigenvalue weighted by molar-refractivity contribution is 7.89. The summed E-state index contributed by atoms with van der Waals surface area (Å²) in [5, 5.41) is 9.43. The van der Waals surface area contributed by atoms with Crippen LogP contribution in [0.5, 0.6) is 5.75 Å². The summed E-state index contributed by atoms with van der Waals surface area (Å²) in [7, 11) is -2.14. The number of ether oxygens (including phenoxy) is 1. The fraction of sp³-hybridized carbons (Fsp3) is 0.250. The highest BCUT2D eigenvalue weighted by Gasteiger charge is 2.28. The standard InChI is InChI=1S/C20H20ClN5O4S/c1-30-17-7-3-2-6-14(17)18-22-20(25-24-18)23-19(27)15-12-13(8-9-16(15)21)31(28,29)26-10-4-5-11-26/h2-3,6-9,12H,4-5,10-11H2,1H3,(H2,22,23,24,25,27). The summed E-state index contributed by atoms with van der Waals surface area (Å²) in [4.78, 5) is 17.1. The van der Waals surface area contributed by atoms with Crippen molar-refractivity contribution >= 4 is 33.5 Å². The Labute approximate surface area is 184 Å². The van der Waals surface area contributed by atoms with Crippen molar-refractivity contribution in [3.8, 4) is 17.1 Å². The molecule has 1 aliphatic heterocycles. The third kappa shape index (κ3) is 4.27. The van der Waals surface area contributed by atoms with E-state index in [0.29, 0.717) is 30.2 Å². The molecule has 0 unspecified atom stereocenters. The van der Waals surface area contributed by atoms with Crippen LogP contribution in [0.15, 0.2) is 47.4 Å². The zero-order chi connectivity index (χ0) is 22.0. The molecule has 1 fully saturated rings. The van der Waals surface area contributed by atoms with Gasteiger partial charge in [0.25, 0.3) is 5.91 Å². The lowest BCUT2D eigenvalue weighted by Crippen LogP contribution is -2.28. The molecule has 0 bridgehead atoms. The van der Waals surface area contributed by atoms with Crippen LogP contribution in [0.25, 0.3) is 11.4 Å². The molecule has 2 aromatic carbocycles. The number of hydrogen-bond donors (Lipinski definition) is 2. The van der Waals surface area contributed by atoms with Crippen molar-refractivity contribution in [3.05, 3.63) is 53.1 Å². The maximum atomic E-state index is 12.8. The van der Waals surface area contributed by atoms with E-state index < -0.39 is 15.9 Å². The Balaban J connectivity index is 1.58. The second-order valence-electron chi connectivity index (χ2n) is 6.91. The predicted octanol–water partition coefficient (Wildman–Crippen LogP) is 3.17. The summed E-state index contributed by atoms with van der Waals surface area (Å²) in [6.45, 7) is 0.935. The van der Waals surface area contributed by atoms with E-state index in [0.717, 1.165) is 12.8 Å². The summed E-state index contributed by atoms with van der Waals surface area (Å²) in [5.74, 6) is 0.410. The largest absolute Gasteiger partial charge is 0.496 e. The molecule has 0 atom stereocenters. The third-order valence-electron chi connectivity index (χ3n) is 4.96. The molecule has 1 saturated heterocycles. The van der Waals surface area contributed by atoms with E-state index in [-0.39, 0.29) is 21.4 Å². The van der Waals surface area contributed by atoms with E-state index in [1.807, 2.05) is 12.1 Å². The molecule has 1 amide bonds. The Morgan fingerprint density at radius 3 is 2.68 bits per heavy atom. The monoisotopic (exact) mass is 461 g/mol. The van der Waals surface area contributed by atoms with Crippen LogP contribution in [-0.4, -0.2) is 54.0 Å². The van der Waals surface area contributed by atoms with Crippen LogP contribution >= 0.6 is 11.6 Å². The van der Waals surface area contributed by atoms with Gasteiger partial charge in [0.1, 0.15) is 5.75 Å². The van der Waals surface area contributed by atoms with E-state index in [4.69, 9.17) is 16.3 Å². The number of nitrogens with zero attached hydrogens (tertiary/aromatic N) is 3. The second kappa shape index (κ2) is 8.66. The molecule has 2 heterocycles. The second-order valence-corrected chi connectivity index (χ2v) is 9.26. The molecule has 4 rings (SSSR count). The summed E-state index contributed by atoms with van der Waals surface area (Å²) in [6.07, 6.45) is 1.64. The van der Waals surface area contributed by atoms with Crippen molar-refractivity contribution in [2.24, 2.45) is 0 Å². The van der Waals surface area contributed by atoms with Crippen LogP contribution in [0.4, 0.5) is 5.95 Å². The fourth-order valence-corrected chi connectivity index (χ4v) is 5.11. The highest BCUT2D eigenvalue weighted by atomic mass is 35.5. The maximum absolute atomic E-state index is 12.8. The number of methoxy groups -OCH3 is 1. The first-order valence-electron chi connectivity index (χ1n) is 9.57. The highest BCUT2D eigenvalue weighted by Crippen LogP contribution is 2.28. The first kappa shape index (κ1) is 21.3. The quantitative estimate of drug-likeness (QED) is 0.582. The molecule has 9 nitrogen and oxygen atoms in total. The zero-order valence-corrected chi connectivity index (χ0v) is 18.2. The third-order valence-corrected chi connectivity index (χ3v) is 7.18. The topological polar surface area (TPSA) is 117 Å². The van der Waals surface area contributed by atoms with Crippen LogP contribution in [0.1, 0.15) is 23.2 Å². The van der Waals surface area contributed by atoms with E-state index >= 15 is 0 Å².